The van der Waals surface area contributed by atoms with Crippen LogP contribution in [-0.4, -0.2) is 12.4 Å². The molecule has 0 bridgehead atoms. The summed E-state index contributed by atoms with van der Waals surface area (Å²) in [6.07, 6.45) is 5.48. The summed E-state index contributed by atoms with van der Waals surface area (Å²) in [5.41, 5.74) is 2.33. The molecule has 0 spiro atoms. The highest BCUT2D eigenvalue weighted by atomic mass is 19.1. The lowest BCUT2D eigenvalue weighted by molar-refractivity contribution is 0.256. The molecule has 1 saturated carbocycles. The van der Waals surface area contributed by atoms with Gasteiger partial charge in [-0.05, 0) is 43.1 Å². The molecule has 1 atom stereocenters. The molecule has 1 aliphatic carbocycles. The summed E-state index contributed by atoms with van der Waals surface area (Å²) in [5.74, 6) is 0.606. The zero-order valence-corrected chi connectivity index (χ0v) is 10.3. The van der Waals surface area contributed by atoms with E-state index in [1.165, 1.54) is 18.4 Å². The van der Waals surface area contributed by atoms with Crippen LogP contribution in [0.4, 0.5) is 4.39 Å². The van der Waals surface area contributed by atoms with Crippen molar-refractivity contribution in [1.29, 1.82) is 0 Å². The minimum absolute atomic E-state index is 0.386. The van der Waals surface area contributed by atoms with E-state index in [0.717, 1.165) is 6.42 Å². The molecule has 15 heavy (non-hydrogen) atoms. The molecule has 0 aromatic heterocycles. The van der Waals surface area contributed by atoms with Crippen molar-refractivity contribution < 1.29 is 4.39 Å². The Bertz CT molecular complexity index is 276. The van der Waals surface area contributed by atoms with Crippen molar-refractivity contribution in [2.45, 2.75) is 47.0 Å². The van der Waals surface area contributed by atoms with E-state index in [9.17, 15) is 4.39 Å². The normalized spacial score (nSPS) is 29.5. The molecule has 0 aromatic rings. The lowest BCUT2D eigenvalue weighted by Gasteiger charge is -2.34. The number of hydrogen-bond acceptors (Lipinski definition) is 1. The average Bonchev–Trinajstić information content (AvgIpc) is 2.19. The summed E-state index contributed by atoms with van der Waals surface area (Å²) in [6.45, 7) is 8.11. The largest absolute Gasteiger partial charge is 0.263 e. The van der Waals surface area contributed by atoms with Crippen LogP contribution in [0.25, 0.3) is 0 Å². The van der Waals surface area contributed by atoms with Crippen LogP contribution < -0.4 is 0 Å². The highest BCUT2D eigenvalue weighted by molar-refractivity contribution is 5.83. The van der Waals surface area contributed by atoms with Crippen molar-refractivity contribution in [2.24, 2.45) is 16.3 Å². The fraction of sp³-hybridized carbons (Fsp3) is 0.769. The van der Waals surface area contributed by atoms with Crippen molar-refractivity contribution in [3.63, 3.8) is 0 Å². The van der Waals surface area contributed by atoms with Gasteiger partial charge < -0.3 is 0 Å². The van der Waals surface area contributed by atoms with E-state index in [4.69, 9.17) is 0 Å². The molecule has 0 N–H and O–H groups in total. The van der Waals surface area contributed by atoms with Gasteiger partial charge in [0, 0.05) is 11.9 Å². The standard InChI is InChI=1S/C13H22FN/c1-10-5-6-13(3,4)7-12(10)9-15-11(2)8-14/h9-10H,5-8H2,1-4H3/b12-9-,15-11?. The van der Waals surface area contributed by atoms with Gasteiger partial charge >= 0.3 is 0 Å². The van der Waals surface area contributed by atoms with Crippen LogP contribution in [0.3, 0.4) is 0 Å². The minimum Gasteiger partial charge on any atom is -0.263 e. The van der Waals surface area contributed by atoms with Crippen LogP contribution in [-0.2, 0) is 0 Å². The Morgan fingerprint density at radius 1 is 1.60 bits per heavy atom. The summed E-state index contributed by atoms with van der Waals surface area (Å²) in [4.78, 5) is 4.16. The van der Waals surface area contributed by atoms with E-state index in [-0.39, 0.29) is 0 Å². The second-order valence-electron chi connectivity index (χ2n) is 5.48. The molecule has 0 radical (unpaired) electrons. The first-order valence-electron chi connectivity index (χ1n) is 5.73. The predicted molar refractivity (Wildman–Crippen MR) is 64.0 cm³/mol. The third-order valence-corrected chi connectivity index (χ3v) is 3.21. The summed E-state index contributed by atoms with van der Waals surface area (Å²) in [5, 5.41) is 0. The Kier molecular flexibility index (Phi) is 4.06. The predicted octanol–water partition coefficient (Wildman–Crippen LogP) is 4.15. The first-order chi connectivity index (χ1) is 6.94. The molecular weight excluding hydrogens is 189 g/mol. The number of aliphatic imine (C=N–C) groups is 1. The summed E-state index contributed by atoms with van der Waals surface area (Å²) >= 11 is 0. The van der Waals surface area contributed by atoms with E-state index in [2.05, 4.69) is 25.8 Å². The Labute approximate surface area is 92.5 Å². The molecular formula is C13H22FN. The van der Waals surface area contributed by atoms with Crippen LogP contribution >= 0.6 is 0 Å². The number of hydrogen-bond donors (Lipinski definition) is 0. The van der Waals surface area contributed by atoms with Crippen molar-refractivity contribution in [2.75, 3.05) is 6.67 Å². The monoisotopic (exact) mass is 211 g/mol. The van der Waals surface area contributed by atoms with Gasteiger partial charge in [-0.2, -0.15) is 0 Å². The Hall–Kier alpha value is -0.660. The van der Waals surface area contributed by atoms with E-state index >= 15 is 0 Å². The molecule has 0 aromatic carbocycles. The van der Waals surface area contributed by atoms with Crippen LogP contribution in [0, 0.1) is 11.3 Å². The Morgan fingerprint density at radius 3 is 2.87 bits per heavy atom. The van der Waals surface area contributed by atoms with Crippen LogP contribution in [0.5, 0.6) is 0 Å². The molecule has 2 heteroatoms. The van der Waals surface area contributed by atoms with Crippen molar-refractivity contribution >= 4 is 5.71 Å². The minimum atomic E-state index is -0.443. The van der Waals surface area contributed by atoms with Crippen LogP contribution in [0.2, 0.25) is 0 Å². The van der Waals surface area contributed by atoms with E-state index < -0.39 is 6.67 Å². The zero-order chi connectivity index (χ0) is 11.5. The number of nitrogens with zero attached hydrogens (tertiary/aromatic N) is 1. The van der Waals surface area contributed by atoms with E-state index in [1.54, 1.807) is 6.92 Å². The van der Waals surface area contributed by atoms with Gasteiger partial charge in [-0.1, -0.05) is 20.8 Å². The van der Waals surface area contributed by atoms with Gasteiger partial charge in [-0.15, -0.1) is 0 Å². The molecule has 1 aliphatic rings. The maximum atomic E-state index is 12.2. The highest BCUT2D eigenvalue weighted by Crippen LogP contribution is 2.41. The zero-order valence-electron chi connectivity index (χ0n) is 10.3. The molecule has 0 aliphatic heterocycles. The topological polar surface area (TPSA) is 12.4 Å². The number of halogens is 1. The lowest BCUT2D eigenvalue weighted by atomic mass is 9.71. The second-order valence-corrected chi connectivity index (χ2v) is 5.48. The van der Waals surface area contributed by atoms with Crippen LogP contribution in [0.15, 0.2) is 16.8 Å². The second kappa shape index (κ2) is 4.91. The maximum absolute atomic E-state index is 12.2. The molecule has 1 fully saturated rings. The first-order valence-corrected chi connectivity index (χ1v) is 5.73. The van der Waals surface area contributed by atoms with Gasteiger partial charge in [0.2, 0.25) is 0 Å². The van der Waals surface area contributed by atoms with Crippen molar-refractivity contribution in [3.8, 4) is 0 Å². The lowest BCUT2D eigenvalue weighted by Crippen LogP contribution is -2.22. The third-order valence-electron chi connectivity index (χ3n) is 3.21. The molecule has 1 rings (SSSR count). The fourth-order valence-electron chi connectivity index (χ4n) is 2.01. The number of rotatable bonds is 2. The van der Waals surface area contributed by atoms with Gasteiger partial charge in [0.1, 0.15) is 6.67 Å². The van der Waals surface area contributed by atoms with Gasteiger partial charge in [0.25, 0.3) is 0 Å². The number of alkyl halides is 1. The Balaban J connectivity index is 2.74. The van der Waals surface area contributed by atoms with E-state index in [1.807, 2.05) is 6.20 Å². The maximum Gasteiger partial charge on any atom is 0.127 e. The molecule has 0 amide bonds. The fourth-order valence-corrected chi connectivity index (χ4v) is 2.01. The van der Waals surface area contributed by atoms with E-state index in [0.29, 0.717) is 17.0 Å². The SMILES string of the molecule is CC(CF)=N/C=C1/CC(C)(C)CCC1C. The summed E-state index contributed by atoms with van der Waals surface area (Å²) < 4.78 is 12.2. The van der Waals surface area contributed by atoms with Gasteiger partial charge in [0.05, 0.1) is 0 Å². The quantitative estimate of drug-likeness (QED) is 0.608. The molecule has 86 valence electrons. The summed E-state index contributed by atoms with van der Waals surface area (Å²) in [6, 6.07) is 0. The molecule has 0 heterocycles. The number of allylic oxidation sites excluding steroid dienone is 1. The van der Waals surface area contributed by atoms with Gasteiger partial charge in [-0.3, -0.25) is 4.99 Å². The van der Waals surface area contributed by atoms with Crippen molar-refractivity contribution in [3.05, 3.63) is 11.8 Å². The first kappa shape index (κ1) is 12.4. The van der Waals surface area contributed by atoms with Crippen LogP contribution in [0.1, 0.15) is 47.0 Å². The molecule has 1 unspecified atom stereocenters. The van der Waals surface area contributed by atoms with Gasteiger partial charge in [0.15, 0.2) is 0 Å². The Morgan fingerprint density at radius 2 is 2.27 bits per heavy atom. The molecule has 1 nitrogen and oxygen atoms in total. The van der Waals surface area contributed by atoms with Gasteiger partial charge in [-0.25, -0.2) is 4.39 Å². The third kappa shape index (κ3) is 3.77. The average molecular weight is 211 g/mol. The summed E-state index contributed by atoms with van der Waals surface area (Å²) in [7, 11) is 0. The molecule has 0 saturated heterocycles. The highest BCUT2D eigenvalue weighted by Gasteiger charge is 2.28. The smallest absolute Gasteiger partial charge is 0.127 e. The van der Waals surface area contributed by atoms with Crippen molar-refractivity contribution in [1.82, 2.24) is 0 Å².